The summed E-state index contributed by atoms with van der Waals surface area (Å²) in [5.74, 6) is 0.130. The molecule has 7 nitrogen and oxygen atoms in total. The minimum absolute atomic E-state index is 0.0611. The van der Waals surface area contributed by atoms with Crippen molar-refractivity contribution >= 4 is 11.8 Å². The third-order valence-electron chi connectivity index (χ3n) is 4.72. The molecular weight excluding hydrogens is 306 g/mol. The van der Waals surface area contributed by atoms with Gasteiger partial charge in [0.2, 0.25) is 0 Å². The Hall–Kier alpha value is -2.15. The first-order valence-corrected chi connectivity index (χ1v) is 8.58. The highest BCUT2D eigenvalue weighted by molar-refractivity contribution is 5.97. The number of carbonyl (C=O) groups is 2. The molecule has 2 aliphatic rings. The summed E-state index contributed by atoms with van der Waals surface area (Å²) in [6.07, 6.45) is 4.46. The van der Waals surface area contributed by atoms with E-state index in [9.17, 15) is 9.59 Å². The lowest BCUT2D eigenvalue weighted by Crippen LogP contribution is -2.47. The molecule has 2 amide bonds. The third kappa shape index (κ3) is 3.21. The Morgan fingerprint density at radius 2 is 1.96 bits per heavy atom. The van der Waals surface area contributed by atoms with Crippen molar-refractivity contribution in [3.63, 3.8) is 0 Å². The van der Waals surface area contributed by atoms with Gasteiger partial charge in [-0.15, -0.1) is 6.58 Å². The van der Waals surface area contributed by atoms with Crippen LogP contribution in [0.15, 0.2) is 12.7 Å². The van der Waals surface area contributed by atoms with Gasteiger partial charge in [0.25, 0.3) is 11.8 Å². The third-order valence-corrected chi connectivity index (χ3v) is 4.72. The van der Waals surface area contributed by atoms with Crippen LogP contribution in [0.2, 0.25) is 0 Å². The van der Waals surface area contributed by atoms with E-state index in [4.69, 9.17) is 0 Å². The fraction of sp³-hybridized carbons (Fsp3) is 0.588. The first-order chi connectivity index (χ1) is 11.6. The lowest BCUT2D eigenvalue weighted by molar-refractivity contribution is 0.0645. The van der Waals surface area contributed by atoms with Crippen LogP contribution in [-0.4, -0.2) is 70.9 Å². The summed E-state index contributed by atoms with van der Waals surface area (Å²) in [5.41, 5.74) is 1.29. The van der Waals surface area contributed by atoms with Gasteiger partial charge in [0.15, 0.2) is 5.82 Å². The van der Waals surface area contributed by atoms with Crippen LogP contribution in [0.4, 0.5) is 0 Å². The number of nitrogens with zero attached hydrogens (tertiary/aromatic N) is 4. The minimum Gasteiger partial charge on any atom is -0.347 e. The fourth-order valence-corrected chi connectivity index (χ4v) is 3.29. The lowest BCUT2D eigenvalue weighted by Gasteiger charge is -2.32. The Morgan fingerprint density at radius 3 is 2.67 bits per heavy atom. The molecule has 1 aromatic rings. The van der Waals surface area contributed by atoms with Crippen molar-refractivity contribution in [1.82, 2.24) is 24.7 Å². The lowest BCUT2D eigenvalue weighted by atomic mass is 10.1. The highest BCUT2D eigenvalue weighted by atomic mass is 16.2. The number of carbonyl (C=O) groups excluding carboxylic acids is 2. The molecule has 0 saturated carbocycles. The number of hydrogen-bond acceptors (Lipinski definition) is 4. The number of piperazine rings is 1. The molecule has 3 rings (SSSR count). The van der Waals surface area contributed by atoms with Crippen molar-refractivity contribution in [2.45, 2.75) is 25.8 Å². The van der Waals surface area contributed by atoms with Crippen molar-refractivity contribution in [1.29, 1.82) is 0 Å². The molecular formula is C17H25N5O2. The number of aromatic nitrogens is 2. The molecule has 0 radical (unpaired) electrons. The number of imidazole rings is 1. The maximum absolute atomic E-state index is 12.9. The van der Waals surface area contributed by atoms with Crippen LogP contribution in [0.5, 0.6) is 0 Å². The zero-order chi connectivity index (χ0) is 17.1. The molecule has 2 aliphatic heterocycles. The van der Waals surface area contributed by atoms with Crippen LogP contribution in [0.3, 0.4) is 0 Å². The number of rotatable bonds is 4. The normalized spacial score (nSPS) is 18.1. The summed E-state index contributed by atoms with van der Waals surface area (Å²) in [6.45, 7) is 7.90. The van der Waals surface area contributed by atoms with Crippen molar-refractivity contribution in [3.05, 3.63) is 29.9 Å². The molecule has 0 unspecified atom stereocenters. The van der Waals surface area contributed by atoms with Crippen molar-refractivity contribution in [3.8, 4) is 0 Å². The van der Waals surface area contributed by atoms with Gasteiger partial charge in [0, 0.05) is 39.3 Å². The molecule has 1 aromatic heterocycles. The zero-order valence-electron chi connectivity index (χ0n) is 14.3. The van der Waals surface area contributed by atoms with Gasteiger partial charge in [-0.25, -0.2) is 4.98 Å². The molecule has 24 heavy (non-hydrogen) atoms. The molecule has 0 aliphatic carbocycles. The zero-order valence-corrected chi connectivity index (χ0v) is 14.3. The van der Waals surface area contributed by atoms with E-state index in [-0.39, 0.29) is 11.8 Å². The molecule has 7 heteroatoms. The molecule has 130 valence electrons. The minimum atomic E-state index is -0.224. The van der Waals surface area contributed by atoms with E-state index < -0.39 is 0 Å². The molecule has 0 atom stereocenters. The average molecular weight is 331 g/mol. The van der Waals surface area contributed by atoms with Gasteiger partial charge in [-0.3, -0.25) is 9.59 Å². The maximum Gasteiger partial charge on any atom is 0.289 e. The predicted octanol–water partition coefficient (Wildman–Crippen LogP) is 0.523. The van der Waals surface area contributed by atoms with E-state index in [0.717, 1.165) is 44.6 Å². The Morgan fingerprint density at radius 1 is 1.21 bits per heavy atom. The van der Waals surface area contributed by atoms with Crippen LogP contribution in [-0.2, 0) is 13.0 Å². The first kappa shape index (κ1) is 16.7. The van der Waals surface area contributed by atoms with Crippen molar-refractivity contribution < 1.29 is 9.59 Å². The standard InChI is InChI=1S/C17H25N5O2/c1-3-7-18-16(23)14-13-6-4-5-8-22(13)15(19-14)17(24)21-11-9-20(2)10-12-21/h3H,1,4-12H2,2H3,(H,18,23). The van der Waals surface area contributed by atoms with Crippen molar-refractivity contribution in [2.24, 2.45) is 0 Å². The highest BCUT2D eigenvalue weighted by Gasteiger charge is 2.30. The SMILES string of the molecule is C=CCNC(=O)c1nc(C(=O)N2CCN(C)CC2)n2c1CCCC2. The predicted molar refractivity (Wildman–Crippen MR) is 91.1 cm³/mol. The van der Waals surface area contributed by atoms with Gasteiger partial charge < -0.3 is 19.7 Å². The fourth-order valence-electron chi connectivity index (χ4n) is 3.29. The molecule has 1 N–H and O–H groups in total. The summed E-state index contributed by atoms with van der Waals surface area (Å²) < 4.78 is 1.95. The number of amides is 2. The first-order valence-electron chi connectivity index (χ1n) is 8.58. The molecule has 0 bridgehead atoms. The van der Waals surface area contributed by atoms with Crippen LogP contribution in [0.25, 0.3) is 0 Å². The van der Waals surface area contributed by atoms with Gasteiger partial charge >= 0.3 is 0 Å². The van der Waals surface area contributed by atoms with E-state index >= 15 is 0 Å². The van der Waals surface area contributed by atoms with Gasteiger partial charge in [-0.2, -0.15) is 0 Å². The van der Waals surface area contributed by atoms with E-state index in [0.29, 0.717) is 31.2 Å². The molecule has 0 aromatic carbocycles. The molecule has 3 heterocycles. The number of likely N-dealkylation sites (N-methyl/N-ethyl adjacent to an activating group) is 1. The summed E-state index contributed by atoms with van der Waals surface area (Å²) in [5, 5.41) is 2.77. The summed E-state index contributed by atoms with van der Waals surface area (Å²) in [4.78, 5) is 33.8. The number of hydrogen-bond donors (Lipinski definition) is 1. The quantitative estimate of drug-likeness (QED) is 0.817. The van der Waals surface area contributed by atoms with Crippen LogP contribution in [0, 0.1) is 0 Å². The van der Waals surface area contributed by atoms with Crippen LogP contribution < -0.4 is 5.32 Å². The monoisotopic (exact) mass is 331 g/mol. The second-order valence-corrected chi connectivity index (χ2v) is 6.43. The largest absolute Gasteiger partial charge is 0.347 e. The average Bonchev–Trinajstić information content (AvgIpc) is 2.99. The Balaban J connectivity index is 1.87. The molecule has 1 saturated heterocycles. The van der Waals surface area contributed by atoms with Gasteiger partial charge in [-0.1, -0.05) is 6.08 Å². The van der Waals surface area contributed by atoms with Crippen molar-refractivity contribution in [2.75, 3.05) is 39.8 Å². The topological polar surface area (TPSA) is 70.5 Å². The Labute approximate surface area is 142 Å². The summed E-state index contributed by atoms with van der Waals surface area (Å²) >= 11 is 0. The van der Waals surface area contributed by atoms with Crippen LogP contribution in [0.1, 0.15) is 39.6 Å². The smallest absolute Gasteiger partial charge is 0.289 e. The van der Waals surface area contributed by atoms with E-state index in [1.165, 1.54) is 0 Å². The van der Waals surface area contributed by atoms with E-state index in [2.05, 4.69) is 28.8 Å². The van der Waals surface area contributed by atoms with E-state index in [1.54, 1.807) is 6.08 Å². The summed E-state index contributed by atoms with van der Waals surface area (Å²) in [6, 6.07) is 0. The van der Waals surface area contributed by atoms with Gasteiger partial charge in [-0.05, 0) is 26.3 Å². The maximum atomic E-state index is 12.9. The summed E-state index contributed by atoms with van der Waals surface area (Å²) in [7, 11) is 2.06. The molecule has 1 fully saturated rings. The Kier molecular flexibility index (Phi) is 4.99. The number of nitrogens with one attached hydrogen (secondary N) is 1. The molecule has 0 spiro atoms. The van der Waals surface area contributed by atoms with Gasteiger partial charge in [0.1, 0.15) is 5.69 Å². The number of fused-ring (bicyclic) bond motifs is 1. The highest BCUT2D eigenvalue weighted by Crippen LogP contribution is 2.22. The van der Waals surface area contributed by atoms with Gasteiger partial charge in [0.05, 0.1) is 5.69 Å². The Bertz CT molecular complexity index is 644. The second kappa shape index (κ2) is 7.17. The van der Waals surface area contributed by atoms with Crippen LogP contribution >= 0.6 is 0 Å². The second-order valence-electron chi connectivity index (χ2n) is 6.43. The van der Waals surface area contributed by atoms with E-state index in [1.807, 2.05) is 9.47 Å².